The Bertz CT molecular complexity index is 320. The molecule has 0 bridgehead atoms. The second kappa shape index (κ2) is 4.94. The molecule has 5 nitrogen and oxygen atoms in total. The van der Waals surface area contributed by atoms with Gasteiger partial charge < -0.3 is 5.32 Å². The van der Waals surface area contributed by atoms with E-state index >= 15 is 0 Å². The van der Waals surface area contributed by atoms with Crippen LogP contribution in [-0.2, 0) is 14.8 Å². The van der Waals surface area contributed by atoms with Crippen molar-refractivity contribution in [2.24, 2.45) is 0 Å². The van der Waals surface area contributed by atoms with Crippen molar-refractivity contribution in [3.63, 3.8) is 0 Å². The highest BCUT2D eigenvalue weighted by Crippen LogP contribution is 2.15. The Balaban J connectivity index is 2.87. The minimum absolute atomic E-state index is 0.0247. The van der Waals surface area contributed by atoms with Crippen LogP contribution in [0.1, 0.15) is 26.7 Å². The second-order valence-corrected chi connectivity index (χ2v) is 5.85. The molecule has 15 heavy (non-hydrogen) atoms. The first-order valence-electron chi connectivity index (χ1n) is 5.22. The summed E-state index contributed by atoms with van der Waals surface area (Å²) in [5.74, 6) is -0.408. The summed E-state index contributed by atoms with van der Waals surface area (Å²) in [7, 11) is -3.42. The third kappa shape index (κ3) is 2.92. The van der Waals surface area contributed by atoms with Gasteiger partial charge in [-0.25, -0.2) is 12.7 Å². The number of hydrogen-bond donors (Lipinski definition) is 1. The van der Waals surface area contributed by atoms with Gasteiger partial charge in [0.15, 0.2) is 0 Å². The molecule has 1 heterocycles. The number of sulfonamides is 1. The molecule has 0 saturated carbocycles. The Kier molecular flexibility index (Phi) is 4.10. The van der Waals surface area contributed by atoms with Gasteiger partial charge in [-0.2, -0.15) is 0 Å². The summed E-state index contributed by atoms with van der Waals surface area (Å²) in [4.78, 5) is 11.4. The number of carbonyl (C=O) groups excluding carboxylic acids is 1. The molecule has 0 aromatic carbocycles. The first-order valence-corrected chi connectivity index (χ1v) is 6.83. The molecule has 0 spiro atoms. The predicted octanol–water partition coefficient (Wildman–Crippen LogP) is -0.0634. The van der Waals surface area contributed by atoms with Crippen LogP contribution in [-0.4, -0.2) is 43.5 Å². The molecule has 1 N–H and O–H groups in total. The molecular weight excluding hydrogens is 216 g/mol. The monoisotopic (exact) mass is 234 g/mol. The van der Waals surface area contributed by atoms with Gasteiger partial charge in [0.2, 0.25) is 15.9 Å². The van der Waals surface area contributed by atoms with Gasteiger partial charge in [0, 0.05) is 13.5 Å². The van der Waals surface area contributed by atoms with Crippen LogP contribution in [0.3, 0.4) is 0 Å². The molecule has 0 aromatic rings. The van der Waals surface area contributed by atoms with Crippen LogP contribution >= 0.6 is 0 Å². The van der Waals surface area contributed by atoms with Gasteiger partial charge in [-0.15, -0.1) is 0 Å². The van der Waals surface area contributed by atoms with Crippen molar-refractivity contribution in [1.82, 2.24) is 9.62 Å². The summed E-state index contributed by atoms with van der Waals surface area (Å²) >= 11 is 0. The van der Waals surface area contributed by atoms with E-state index in [0.717, 1.165) is 23.7 Å². The fraction of sp³-hybridized carbons (Fsp3) is 0.889. The molecule has 1 fully saturated rings. The van der Waals surface area contributed by atoms with Crippen LogP contribution < -0.4 is 5.32 Å². The second-order valence-electron chi connectivity index (χ2n) is 3.72. The van der Waals surface area contributed by atoms with Crippen LogP contribution in [0.2, 0.25) is 0 Å². The summed E-state index contributed by atoms with van der Waals surface area (Å²) in [6, 6.07) is -0.207. The third-order valence-electron chi connectivity index (χ3n) is 2.58. The fourth-order valence-corrected chi connectivity index (χ4v) is 3.16. The predicted molar refractivity (Wildman–Crippen MR) is 57.9 cm³/mol. The number of nitrogens with one attached hydrogen (secondary N) is 1. The van der Waals surface area contributed by atoms with E-state index in [1.165, 1.54) is 6.92 Å². The Morgan fingerprint density at radius 3 is 2.60 bits per heavy atom. The van der Waals surface area contributed by atoms with Crippen LogP contribution in [0.15, 0.2) is 0 Å². The zero-order valence-electron chi connectivity index (χ0n) is 9.19. The zero-order chi connectivity index (χ0) is 11.5. The van der Waals surface area contributed by atoms with E-state index in [0.29, 0.717) is 6.54 Å². The molecule has 1 aliphatic heterocycles. The molecule has 88 valence electrons. The lowest BCUT2D eigenvalue weighted by molar-refractivity contribution is -0.125. The van der Waals surface area contributed by atoms with E-state index in [1.54, 1.807) is 6.92 Å². The SMILES string of the molecule is CCS(=O)(=O)N(C(C)=O)C1CCCNC1. The van der Waals surface area contributed by atoms with E-state index in [1.807, 2.05) is 0 Å². The quantitative estimate of drug-likeness (QED) is 0.742. The molecule has 1 unspecified atom stereocenters. The van der Waals surface area contributed by atoms with E-state index in [9.17, 15) is 13.2 Å². The molecule has 1 amide bonds. The fourth-order valence-electron chi connectivity index (χ4n) is 1.85. The Hall–Kier alpha value is -0.620. The highest BCUT2D eigenvalue weighted by atomic mass is 32.2. The average Bonchev–Trinajstić information content (AvgIpc) is 2.18. The molecule has 1 saturated heterocycles. The smallest absolute Gasteiger partial charge is 0.237 e. The molecule has 0 radical (unpaired) electrons. The Morgan fingerprint density at radius 1 is 1.53 bits per heavy atom. The Labute approximate surface area is 90.9 Å². The zero-order valence-corrected chi connectivity index (χ0v) is 10.0. The van der Waals surface area contributed by atoms with Crippen LogP contribution in [0.25, 0.3) is 0 Å². The number of nitrogens with zero attached hydrogens (tertiary/aromatic N) is 1. The normalized spacial score (nSPS) is 22.4. The maximum atomic E-state index is 11.7. The van der Waals surface area contributed by atoms with Crippen molar-refractivity contribution in [3.05, 3.63) is 0 Å². The molecule has 1 rings (SSSR count). The standard InChI is InChI=1S/C9H18N2O3S/c1-3-15(13,14)11(8(2)12)9-5-4-6-10-7-9/h9-10H,3-7H2,1-2H3. The van der Waals surface area contributed by atoms with Crippen molar-refractivity contribution < 1.29 is 13.2 Å². The molecule has 0 aromatic heterocycles. The highest BCUT2D eigenvalue weighted by molar-refractivity contribution is 7.89. The van der Waals surface area contributed by atoms with Gasteiger partial charge >= 0.3 is 0 Å². The average molecular weight is 234 g/mol. The summed E-state index contributed by atoms with van der Waals surface area (Å²) in [5.41, 5.74) is 0. The van der Waals surface area contributed by atoms with Gasteiger partial charge in [-0.05, 0) is 26.3 Å². The van der Waals surface area contributed by atoms with Crippen LogP contribution in [0.5, 0.6) is 0 Å². The summed E-state index contributed by atoms with van der Waals surface area (Å²) in [5, 5.41) is 3.11. The van der Waals surface area contributed by atoms with E-state index in [2.05, 4.69) is 5.32 Å². The van der Waals surface area contributed by atoms with E-state index in [-0.39, 0.29) is 17.7 Å². The molecule has 0 aliphatic carbocycles. The van der Waals surface area contributed by atoms with Crippen molar-refractivity contribution in [3.8, 4) is 0 Å². The largest absolute Gasteiger partial charge is 0.315 e. The maximum absolute atomic E-state index is 11.7. The highest BCUT2D eigenvalue weighted by Gasteiger charge is 2.31. The first-order chi connectivity index (χ1) is 6.99. The first kappa shape index (κ1) is 12.4. The lowest BCUT2D eigenvalue weighted by Crippen LogP contribution is -2.51. The number of amides is 1. The molecule has 1 atom stereocenters. The maximum Gasteiger partial charge on any atom is 0.237 e. The molecule has 1 aliphatic rings. The Morgan fingerprint density at radius 2 is 2.20 bits per heavy atom. The van der Waals surface area contributed by atoms with Gasteiger partial charge in [0.25, 0.3) is 0 Å². The molecular formula is C9H18N2O3S. The molecule has 6 heteroatoms. The van der Waals surface area contributed by atoms with Gasteiger partial charge in [0.1, 0.15) is 0 Å². The lowest BCUT2D eigenvalue weighted by Gasteiger charge is -2.32. The summed E-state index contributed by atoms with van der Waals surface area (Å²) in [6.07, 6.45) is 1.67. The van der Waals surface area contributed by atoms with Crippen molar-refractivity contribution >= 4 is 15.9 Å². The topological polar surface area (TPSA) is 66.5 Å². The van der Waals surface area contributed by atoms with Crippen LogP contribution in [0.4, 0.5) is 0 Å². The number of hydrogen-bond acceptors (Lipinski definition) is 4. The van der Waals surface area contributed by atoms with Crippen molar-refractivity contribution in [1.29, 1.82) is 0 Å². The third-order valence-corrected chi connectivity index (χ3v) is 4.46. The summed E-state index contributed by atoms with van der Waals surface area (Å²) < 4.78 is 24.5. The number of carbonyl (C=O) groups is 1. The van der Waals surface area contributed by atoms with Crippen molar-refractivity contribution in [2.75, 3.05) is 18.8 Å². The van der Waals surface area contributed by atoms with Gasteiger partial charge in [0.05, 0.1) is 11.8 Å². The number of rotatable bonds is 3. The van der Waals surface area contributed by atoms with Crippen LogP contribution in [0, 0.1) is 0 Å². The minimum Gasteiger partial charge on any atom is -0.315 e. The summed E-state index contributed by atoms with van der Waals surface area (Å²) in [6.45, 7) is 4.33. The minimum atomic E-state index is -3.42. The van der Waals surface area contributed by atoms with Gasteiger partial charge in [-0.3, -0.25) is 4.79 Å². The lowest BCUT2D eigenvalue weighted by atomic mass is 10.1. The van der Waals surface area contributed by atoms with E-state index in [4.69, 9.17) is 0 Å². The van der Waals surface area contributed by atoms with E-state index < -0.39 is 10.0 Å². The number of piperidine rings is 1. The van der Waals surface area contributed by atoms with Crippen molar-refractivity contribution in [2.45, 2.75) is 32.7 Å². The van der Waals surface area contributed by atoms with Gasteiger partial charge in [-0.1, -0.05) is 0 Å².